The van der Waals surface area contributed by atoms with Crippen molar-refractivity contribution in [1.29, 1.82) is 0 Å². The molecular weight excluding hydrogens is 396 g/mol. The minimum absolute atomic E-state index is 0.0574. The van der Waals surface area contributed by atoms with Crippen molar-refractivity contribution in [2.75, 3.05) is 38.2 Å². The molecule has 2 fully saturated rings. The van der Waals surface area contributed by atoms with E-state index in [4.69, 9.17) is 4.74 Å². The Labute approximate surface area is 180 Å². The topological polar surface area (TPSA) is 94.2 Å². The highest BCUT2D eigenvalue weighted by atomic mass is 16.5. The van der Waals surface area contributed by atoms with Gasteiger partial charge in [0.15, 0.2) is 0 Å². The number of likely N-dealkylation sites (tertiary alicyclic amines) is 1. The van der Waals surface area contributed by atoms with Gasteiger partial charge in [-0.15, -0.1) is 5.10 Å². The number of nitrogens with zero attached hydrogens (tertiary/aromatic N) is 8. The summed E-state index contributed by atoms with van der Waals surface area (Å²) < 4.78 is 7.27. The maximum Gasteiger partial charge on any atom is 0.254 e. The Bertz CT molecular complexity index is 1000. The zero-order chi connectivity index (χ0) is 21.2. The van der Waals surface area contributed by atoms with Gasteiger partial charge in [-0.05, 0) is 37.1 Å². The first kappa shape index (κ1) is 19.7. The molecule has 0 unspecified atom stereocenters. The SMILES string of the molecule is COC1CCN(c2ccc(C(=O)N3CC(n4cc(Cn5nccn5)nn4)C3)cc2)CC1. The van der Waals surface area contributed by atoms with Crippen molar-refractivity contribution in [3.05, 3.63) is 54.1 Å². The maximum atomic E-state index is 12.8. The van der Waals surface area contributed by atoms with E-state index in [2.05, 4.69) is 25.4 Å². The van der Waals surface area contributed by atoms with Crippen LogP contribution in [-0.2, 0) is 11.3 Å². The van der Waals surface area contributed by atoms with Crippen molar-refractivity contribution in [2.45, 2.75) is 31.5 Å². The van der Waals surface area contributed by atoms with E-state index in [0.717, 1.165) is 42.9 Å². The summed E-state index contributed by atoms with van der Waals surface area (Å²) in [6, 6.07) is 8.10. The molecule has 0 radical (unpaired) electrons. The second-order valence-electron chi connectivity index (χ2n) is 8.08. The van der Waals surface area contributed by atoms with E-state index in [1.165, 1.54) is 0 Å². The van der Waals surface area contributed by atoms with Gasteiger partial charge in [0.25, 0.3) is 5.91 Å². The average molecular weight is 422 g/mol. The summed E-state index contributed by atoms with van der Waals surface area (Å²) in [6.45, 7) is 3.71. The van der Waals surface area contributed by atoms with Crippen LogP contribution in [0.15, 0.2) is 42.9 Å². The highest BCUT2D eigenvalue weighted by Gasteiger charge is 2.33. The Kier molecular flexibility index (Phi) is 5.37. The second kappa shape index (κ2) is 8.46. The zero-order valence-electron chi connectivity index (χ0n) is 17.5. The lowest BCUT2D eigenvalue weighted by Gasteiger charge is -2.39. The number of amides is 1. The van der Waals surface area contributed by atoms with Gasteiger partial charge in [0.1, 0.15) is 12.2 Å². The van der Waals surface area contributed by atoms with Crippen molar-refractivity contribution in [2.24, 2.45) is 0 Å². The van der Waals surface area contributed by atoms with E-state index < -0.39 is 0 Å². The molecule has 10 nitrogen and oxygen atoms in total. The third-order valence-corrected chi connectivity index (χ3v) is 6.11. The first-order chi connectivity index (χ1) is 15.2. The first-order valence-corrected chi connectivity index (χ1v) is 10.6. The summed E-state index contributed by atoms with van der Waals surface area (Å²) in [7, 11) is 1.78. The number of hydrogen-bond acceptors (Lipinski definition) is 7. The molecule has 0 spiro atoms. The summed E-state index contributed by atoms with van der Waals surface area (Å²) >= 11 is 0. The number of carbonyl (C=O) groups is 1. The van der Waals surface area contributed by atoms with Crippen molar-refractivity contribution < 1.29 is 9.53 Å². The number of benzene rings is 1. The van der Waals surface area contributed by atoms with Gasteiger partial charge in [-0.3, -0.25) is 4.79 Å². The van der Waals surface area contributed by atoms with Gasteiger partial charge in [0.2, 0.25) is 0 Å². The molecule has 1 aromatic carbocycles. The predicted molar refractivity (Wildman–Crippen MR) is 113 cm³/mol. The fourth-order valence-corrected chi connectivity index (χ4v) is 4.17. The third kappa shape index (κ3) is 4.15. The molecule has 2 aliphatic rings. The molecular formula is C21H26N8O2. The van der Waals surface area contributed by atoms with Crippen molar-refractivity contribution in [3.63, 3.8) is 0 Å². The van der Waals surface area contributed by atoms with E-state index in [9.17, 15) is 4.79 Å². The normalized spacial score (nSPS) is 17.7. The molecule has 0 aliphatic carbocycles. The Morgan fingerprint density at radius 1 is 1.10 bits per heavy atom. The van der Waals surface area contributed by atoms with Crippen LogP contribution in [0.1, 0.15) is 34.9 Å². The number of piperidine rings is 1. The van der Waals surface area contributed by atoms with Crippen molar-refractivity contribution >= 4 is 11.6 Å². The number of hydrogen-bond donors (Lipinski definition) is 0. The maximum absolute atomic E-state index is 12.8. The van der Waals surface area contributed by atoms with Gasteiger partial charge in [0.05, 0.1) is 30.7 Å². The molecule has 2 saturated heterocycles. The lowest BCUT2D eigenvalue weighted by atomic mass is 10.0. The quantitative estimate of drug-likeness (QED) is 0.590. The van der Waals surface area contributed by atoms with Crippen molar-refractivity contribution in [3.8, 4) is 0 Å². The summed E-state index contributed by atoms with van der Waals surface area (Å²) in [5, 5.41) is 16.5. The van der Waals surface area contributed by atoms with E-state index in [0.29, 0.717) is 25.7 Å². The van der Waals surface area contributed by atoms with Crippen LogP contribution < -0.4 is 4.90 Å². The molecule has 0 saturated carbocycles. The monoisotopic (exact) mass is 422 g/mol. The van der Waals surface area contributed by atoms with E-state index in [1.54, 1.807) is 24.3 Å². The second-order valence-corrected chi connectivity index (χ2v) is 8.08. The summed E-state index contributed by atoms with van der Waals surface area (Å²) in [5.74, 6) is 0.0574. The largest absolute Gasteiger partial charge is 0.381 e. The first-order valence-electron chi connectivity index (χ1n) is 10.6. The predicted octanol–water partition coefficient (Wildman–Crippen LogP) is 1.23. The van der Waals surface area contributed by atoms with Crippen LogP contribution in [-0.4, -0.2) is 80.2 Å². The minimum Gasteiger partial charge on any atom is -0.381 e. The number of ether oxygens (including phenoxy) is 1. The molecule has 0 N–H and O–H groups in total. The van der Waals surface area contributed by atoms with Crippen LogP contribution >= 0.6 is 0 Å². The standard InChI is InChI=1S/C21H26N8O2/c1-31-20-6-10-26(11-7-20)18-4-2-16(3-5-18)21(30)27-14-19(15-27)28-12-17(24-25-28)13-29-22-8-9-23-29/h2-5,8-9,12,19-20H,6-7,10-11,13-15H2,1H3. The number of aromatic nitrogens is 6. The van der Waals surface area contributed by atoms with Gasteiger partial charge < -0.3 is 14.5 Å². The molecule has 31 heavy (non-hydrogen) atoms. The van der Waals surface area contributed by atoms with E-state index in [-0.39, 0.29) is 11.9 Å². The van der Waals surface area contributed by atoms with Gasteiger partial charge in [-0.2, -0.15) is 15.0 Å². The van der Waals surface area contributed by atoms with E-state index in [1.807, 2.05) is 40.0 Å². The average Bonchev–Trinajstić information content (AvgIpc) is 3.46. The summed E-state index contributed by atoms with van der Waals surface area (Å²) in [5.41, 5.74) is 2.68. The van der Waals surface area contributed by atoms with Crippen LogP contribution in [0.25, 0.3) is 0 Å². The Morgan fingerprint density at radius 3 is 2.48 bits per heavy atom. The molecule has 4 heterocycles. The molecule has 2 aromatic heterocycles. The fourth-order valence-electron chi connectivity index (χ4n) is 4.17. The highest BCUT2D eigenvalue weighted by Crippen LogP contribution is 2.25. The molecule has 5 rings (SSSR count). The van der Waals surface area contributed by atoms with Crippen LogP contribution in [0.3, 0.4) is 0 Å². The molecule has 2 aliphatic heterocycles. The van der Waals surface area contributed by atoms with Crippen LogP contribution in [0.2, 0.25) is 0 Å². The van der Waals surface area contributed by atoms with Crippen LogP contribution in [0.5, 0.6) is 0 Å². The van der Waals surface area contributed by atoms with Gasteiger partial charge in [-0.25, -0.2) is 4.68 Å². The Balaban J connectivity index is 1.14. The Morgan fingerprint density at radius 2 is 1.81 bits per heavy atom. The lowest BCUT2D eigenvalue weighted by molar-refractivity contribution is 0.0498. The number of rotatable bonds is 6. The smallest absolute Gasteiger partial charge is 0.254 e. The fraction of sp³-hybridized carbons (Fsp3) is 0.476. The van der Waals surface area contributed by atoms with Gasteiger partial charge in [0, 0.05) is 44.5 Å². The van der Waals surface area contributed by atoms with E-state index >= 15 is 0 Å². The third-order valence-electron chi connectivity index (χ3n) is 6.11. The van der Waals surface area contributed by atoms with Gasteiger partial charge >= 0.3 is 0 Å². The lowest BCUT2D eigenvalue weighted by Crippen LogP contribution is -2.50. The molecule has 3 aromatic rings. The molecule has 162 valence electrons. The van der Waals surface area contributed by atoms with Gasteiger partial charge in [-0.1, -0.05) is 5.21 Å². The highest BCUT2D eigenvalue weighted by molar-refractivity contribution is 5.95. The molecule has 1 amide bonds. The molecule has 10 heteroatoms. The van der Waals surface area contributed by atoms with Crippen LogP contribution in [0.4, 0.5) is 5.69 Å². The molecule has 0 atom stereocenters. The molecule has 0 bridgehead atoms. The Hall–Kier alpha value is -3.27. The number of anilines is 1. The van der Waals surface area contributed by atoms with Crippen LogP contribution in [0, 0.1) is 0 Å². The van der Waals surface area contributed by atoms with Crippen molar-refractivity contribution in [1.82, 2.24) is 34.9 Å². The summed E-state index contributed by atoms with van der Waals surface area (Å²) in [6.07, 6.45) is 7.60. The number of carbonyl (C=O) groups excluding carboxylic acids is 1. The minimum atomic E-state index is 0.0574. The summed E-state index contributed by atoms with van der Waals surface area (Å²) in [4.78, 5) is 18.6. The zero-order valence-corrected chi connectivity index (χ0v) is 17.5. The number of methoxy groups -OCH3 is 1.